The number of nitrogens with zero attached hydrogens (tertiary/aromatic N) is 2. The summed E-state index contributed by atoms with van der Waals surface area (Å²) in [5.41, 5.74) is 2.90. The molecule has 0 atom stereocenters. The number of carbonyl (C=O) groups excluding carboxylic acids is 2. The van der Waals surface area contributed by atoms with Gasteiger partial charge >= 0.3 is 5.97 Å². The second-order valence-electron chi connectivity index (χ2n) is 8.62. The van der Waals surface area contributed by atoms with Gasteiger partial charge in [-0.15, -0.1) is 0 Å². The fraction of sp³-hybridized carbons (Fsp3) is 0.542. The van der Waals surface area contributed by atoms with Gasteiger partial charge in [0.05, 0.1) is 24.4 Å². The van der Waals surface area contributed by atoms with E-state index in [1.165, 1.54) is 7.11 Å². The summed E-state index contributed by atoms with van der Waals surface area (Å²) in [4.78, 5) is 25.4. The predicted molar refractivity (Wildman–Crippen MR) is 123 cm³/mol. The average Bonchev–Trinajstić information content (AvgIpc) is 3.10. The van der Waals surface area contributed by atoms with E-state index in [1.54, 1.807) is 22.9 Å². The Morgan fingerprint density at radius 1 is 1.33 bits per heavy atom. The highest BCUT2D eigenvalue weighted by molar-refractivity contribution is 6.32. The Morgan fingerprint density at radius 2 is 2.12 bits per heavy atom. The van der Waals surface area contributed by atoms with Crippen molar-refractivity contribution in [3.8, 4) is 5.75 Å². The number of nitrogens with one attached hydrogen (secondary N) is 1. The van der Waals surface area contributed by atoms with Crippen LogP contribution in [0.25, 0.3) is 0 Å². The maximum atomic E-state index is 12.9. The maximum absolute atomic E-state index is 12.9. The highest BCUT2D eigenvalue weighted by Crippen LogP contribution is 2.38. The Bertz CT molecular complexity index is 1030. The van der Waals surface area contributed by atoms with E-state index in [1.807, 2.05) is 6.92 Å². The van der Waals surface area contributed by atoms with Crippen LogP contribution in [0.1, 0.15) is 58.3 Å². The molecule has 1 aromatic heterocycles. The van der Waals surface area contributed by atoms with Gasteiger partial charge < -0.3 is 19.5 Å². The SMILES string of the molecule is CCn1nc(CCCOC(=O)c2cccc(Cl)c2OC)c2c1C(=O)NCC1(CCOCC1)C2. The van der Waals surface area contributed by atoms with Crippen LogP contribution in [0.4, 0.5) is 0 Å². The van der Waals surface area contributed by atoms with E-state index in [2.05, 4.69) is 5.32 Å². The Balaban J connectivity index is 1.46. The third kappa shape index (κ3) is 4.87. The summed E-state index contributed by atoms with van der Waals surface area (Å²) in [5.74, 6) is -0.231. The van der Waals surface area contributed by atoms with Crippen molar-refractivity contribution in [3.05, 3.63) is 45.7 Å². The number of hydrogen-bond acceptors (Lipinski definition) is 6. The van der Waals surface area contributed by atoms with Gasteiger partial charge in [0.25, 0.3) is 5.91 Å². The zero-order valence-electron chi connectivity index (χ0n) is 19.1. The topological polar surface area (TPSA) is 91.7 Å². The minimum Gasteiger partial charge on any atom is -0.494 e. The highest BCUT2D eigenvalue weighted by atomic mass is 35.5. The standard InChI is InChI=1S/C24H30ClN3O5/c1-3-28-20-17(14-24(15-26-22(20)29)9-12-32-13-10-24)19(27-28)8-5-11-33-23(30)16-6-4-7-18(25)21(16)31-2/h4,6-7H,3,5,8-15H2,1-2H3,(H,26,29). The fourth-order valence-corrected chi connectivity index (χ4v) is 4.98. The predicted octanol–water partition coefficient (Wildman–Crippen LogP) is 3.44. The van der Waals surface area contributed by atoms with Gasteiger partial charge in [-0.3, -0.25) is 9.48 Å². The second kappa shape index (κ2) is 10.1. The van der Waals surface area contributed by atoms with E-state index >= 15 is 0 Å². The molecule has 1 N–H and O–H groups in total. The number of esters is 1. The lowest BCUT2D eigenvalue weighted by atomic mass is 9.75. The first-order chi connectivity index (χ1) is 16.0. The minimum absolute atomic E-state index is 0.00507. The first kappa shape index (κ1) is 23.6. The summed E-state index contributed by atoms with van der Waals surface area (Å²) in [6.45, 7) is 4.92. The number of rotatable bonds is 7. The van der Waals surface area contributed by atoms with Gasteiger partial charge in [-0.05, 0) is 56.6 Å². The van der Waals surface area contributed by atoms with Crippen LogP contribution in [0.5, 0.6) is 5.75 Å². The van der Waals surface area contributed by atoms with Crippen LogP contribution in [0, 0.1) is 5.41 Å². The number of methoxy groups -OCH3 is 1. The van der Waals surface area contributed by atoms with Crippen molar-refractivity contribution < 1.29 is 23.8 Å². The summed E-state index contributed by atoms with van der Waals surface area (Å²) in [5, 5.41) is 8.22. The molecule has 1 saturated heterocycles. The van der Waals surface area contributed by atoms with Crippen LogP contribution in [0.3, 0.4) is 0 Å². The van der Waals surface area contributed by atoms with E-state index in [0.717, 1.165) is 30.5 Å². The quantitative estimate of drug-likeness (QED) is 0.487. The maximum Gasteiger partial charge on any atom is 0.341 e. The van der Waals surface area contributed by atoms with Crippen molar-refractivity contribution in [3.63, 3.8) is 0 Å². The third-order valence-electron chi connectivity index (χ3n) is 6.56. The molecule has 0 bridgehead atoms. The summed E-state index contributed by atoms with van der Waals surface area (Å²) < 4.78 is 18.1. The first-order valence-electron chi connectivity index (χ1n) is 11.4. The molecule has 0 aliphatic carbocycles. The molecule has 0 radical (unpaired) electrons. The van der Waals surface area contributed by atoms with E-state index < -0.39 is 5.97 Å². The molecule has 1 fully saturated rings. The Morgan fingerprint density at radius 3 is 2.85 bits per heavy atom. The van der Waals surface area contributed by atoms with E-state index in [4.69, 9.17) is 30.9 Å². The number of fused-ring (bicyclic) bond motifs is 1. The van der Waals surface area contributed by atoms with Crippen LogP contribution < -0.4 is 10.1 Å². The number of para-hydroxylation sites is 1. The number of halogens is 1. The largest absolute Gasteiger partial charge is 0.494 e. The third-order valence-corrected chi connectivity index (χ3v) is 6.86. The molecule has 2 aromatic rings. The van der Waals surface area contributed by atoms with Crippen molar-refractivity contribution in [2.45, 2.75) is 45.6 Å². The summed E-state index contributed by atoms with van der Waals surface area (Å²) in [6.07, 6.45) is 3.86. The first-order valence-corrected chi connectivity index (χ1v) is 11.8. The molecular formula is C24H30ClN3O5. The van der Waals surface area contributed by atoms with Crippen LogP contribution >= 0.6 is 11.6 Å². The van der Waals surface area contributed by atoms with E-state index in [-0.39, 0.29) is 17.9 Å². The van der Waals surface area contributed by atoms with Gasteiger partial charge in [-0.2, -0.15) is 5.10 Å². The lowest BCUT2D eigenvalue weighted by Crippen LogP contribution is -2.40. The smallest absolute Gasteiger partial charge is 0.341 e. The molecule has 0 saturated carbocycles. The molecule has 1 aromatic carbocycles. The average molecular weight is 476 g/mol. The molecular weight excluding hydrogens is 446 g/mol. The number of amides is 1. The zero-order chi connectivity index (χ0) is 23.4. The zero-order valence-corrected chi connectivity index (χ0v) is 19.9. The molecule has 8 nitrogen and oxygen atoms in total. The molecule has 178 valence electrons. The lowest BCUT2D eigenvalue weighted by Gasteiger charge is -2.36. The van der Waals surface area contributed by atoms with Crippen molar-refractivity contribution in [2.24, 2.45) is 5.41 Å². The number of hydrogen-bond donors (Lipinski definition) is 1. The number of ether oxygens (including phenoxy) is 3. The number of carbonyl (C=O) groups is 2. The molecule has 2 aliphatic heterocycles. The molecule has 0 unspecified atom stereocenters. The van der Waals surface area contributed by atoms with E-state index in [9.17, 15) is 9.59 Å². The number of benzene rings is 1. The molecule has 1 amide bonds. The van der Waals surface area contributed by atoms with Gasteiger partial charge in [0, 0.05) is 31.9 Å². The molecule has 3 heterocycles. The van der Waals surface area contributed by atoms with Gasteiger partial charge in [0.1, 0.15) is 11.3 Å². The molecule has 9 heteroatoms. The lowest BCUT2D eigenvalue weighted by molar-refractivity contribution is 0.0160. The summed E-state index contributed by atoms with van der Waals surface area (Å²) in [6, 6.07) is 4.97. The monoisotopic (exact) mass is 475 g/mol. The van der Waals surface area contributed by atoms with Gasteiger partial charge in [0.15, 0.2) is 5.75 Å². The van der Waals surface area contributed by atoms with E-state index in [0.29, 0.717) is 61.2 Å². The van der Waals surface area contributed by atoms with Gasteiger partial charge in [-0.25, -0.2) is 4.79 Å². The number of aromatic nitrogens is 2. The Kier molecular flexibility index (Phi) is 7.24. The number of aryl methyl sites for hydroxylation is 2. The van der Waals surface area contributed by atoms with Crippen LogP contribution in [-0.2, 0) is 28.9 Å². The van der Waals surface area contributed by atoms with Crippen LogP contribution in [-0.4, -0.2) is 55.1 Å². The normalized spacial score (nSPS) is 17.2. The molecule has 33 heavy (non-hydrogen) atoms. The minimum atomic E-state index is -0.479. The van der Waals surface area contributed by atoms with Gasteiger partial charge in [0.2, 0.25) is 0 Å². The van der Waals surface area contributed by atoms with Crippen molar-refractivity contribution in [2.75, 3.05) is 33.5 Å². The Labute approximate surface area is 198 Å². The van der Waals surface area contributed by atoms with Crippen LogP contribution in [0.15, 0.2) is 18.2 Å². The van der Waals surface area contributed by atoms with Crippen molar-refractivity contribution in [1.29, 1.82) is 0 Å². The summed E-state index contributed by atoms with van der Waals surface area (Å²) >= 11 is 6.10. The van der Waals surface area contributed by atoms with Crippen molar-refractivity contribution >= 4 is 23.5 Å². The highest BCUT2D eigenvalue weighted by Gasteiger charge is 2.39. The van der Waals surface area contributed by atoms with Gasteiger partial charge in [-0.1, -0.05) is 17.7 Å². The molecule has 2 aliphatic rings. The summed E-state index contributed by atoms with van der Waals surface area (Å²) in [7, 11) is 1.47. The van der Waals surface area contributed by atoms with Crippen molar-refractivity contribution in [1.82, 2.24) is 15.1 Å². The molecule has 1 spiro atoms. The second-order valence-corrected chi connectivity index (χ2v) is 9.03. The molecule has 4 rings (SSSR count). The van der Waals surface area contributed by atoms with Crippen LogP contribution in [0.2, 0.25) is 5.02 Å². The Hall–Kier alpha value is -2.58. The fourth-order valence-electron chi connectivity index (χ4n) is 4.72.